The highest BCUT2D eigenvalue weighted by atomic mass is 32.1. The number of halogens is 1. The van der Waals surface area contributed by atoms with Crippen LogP contribution in [0.1, 0.15) is 64.4 Å². The van der Waals surface area contributed by atoms with E-state index in [1.165, 1.54) is 23.1 Å². The molecule has 1 N–H and O–H groups in total. The maximum Gasteiger partial charge on any atom is 0.350 e. The van der Waals surface area contributed by atoms with E-state index >= 15 is 0 Å². The zero-order valence-corrected chi connectivity index (χ0v) is 23.2. The lowest BCUT2D eigenvalue weighted by Crippen LogP contribution is -2.29. The molecule has 0 bridgehead atoms. The van der Waals surface area contributed by atoms with E-state index in [1.807, 2.05) is 12.1 Å². The van der Waals surface area contributed by atoms with Crippen molar-refractivity contribution in [3.8, 4) is 0 Å². The number of aromatic nitrogens is 1. The predicted molar refractivity (Wildman–Crippen MR) is 148 cm³/mol. The molecule has 7 nitrogen and oxygen atoms in total. The van der Waals surface area contributed by atoms with Crippen molar-refractivity contribution in [3.63, 3.8) is 0 Å². The van der Waals surface area contributed by atoms with Gasteiger partial charge in [0.05, 0.1) is 17.3 Å². The van der Waals surface area contributed by atoms with Crippen LogP contribution in [0, 0.1) is 19.7 Å². The van der Waals surface area contributed by atoms with E-state index in [1.54, 1.807) is 26.0 Å². The van der Waals surface area contributed by atoms with E-state index < -0.39 is 35.3 Å². The highest BCUT2D eigenvalue weighted by molar-refractivity contribution is 7.17. The fourth-order valence-corrected chi connectivity index (χ4v) is 5.27. The third-order valence-electron chi connectivity index (χ3n) is 6.49. The number of carbonyl (C=O) groups is 3. The van der Waals surface area contributed by atoms with Gasteiger partial charge in [-0.15, -0.1) is 0 Å². The molecular formula is C30H29FN2O5S. The molecular weight excluding hydrogens is 519 g/mol. The monoisotopic (exact) mass is 548 g/mol. The molecule has 1 aromatic heterocycles. The number of esters is 1. The lowest BCUT2D eigenvalue weighted by Gasteiger charge is -2.24. The lowest BCUT2D eigenvalue weighted by atomic mass is 9.85. The van der Waals surface area contributed by atoms with Gasteiger partial charge in [0.1, 0.15) is 23.1 Å². The number of hydrogen-bond acceptors (Lipinski definition) is 7. The number of amides is 1. The Morgan fingerprint density at radius 1 is 1.18 bits per heavy atom. The van der Waals surface area contributed by atoms with E-state index in [0.717, 1.165) is 23.0 Å². The van der Waals surface area contributed by atoms with Crippen LogP contribution in [0.2, 0.25) is 0 Å². The molecule has 39 heavy (non-hydrogen) atoms. The lowest BCUT2D eigenvalue weighted by molar-refractivity contribution is -0.132. The first kappa shape index (κ1) is 27.9. The van der Waals surface area contributed by atoms with Crippen LogP contribution in [-0.4, -0.2) is 34.4 Å². The number of thiazole rings is 1. The average molecular weight is 549 g/mol. The van der Waals surface area contributed by atoms with E-state index in [2.05, 4.69) is 32.3 Å². The standard InChI is InChI=1S/C30H29FN2O5S/c1-7-14-38-28(37)26-17(3)32-29(39-26)33-23(18-10-12-20(13-11-18)30(4,5)6)22(25(35)27(33)36)24(34)19-9-8-16(2)21(31)15-19/h7-13,15,23,34H,1,14H2,2-6H3. The summed E-state index contributed by atoms with van der Waals surface area (Å²) >= 11 is 0.910. The van der Waals surface area contributed by atoms with Crippen LogP contribution >= 0.6 is 11.3 Å². The minimum Gasteiger partial charge on any atom is -0.507 e. The number of anilines is 1. The summed E-state index contributed by atoms with van der Waals surface area (Å²) in [7, 11) is 0. The summed E-state index contributed by atoms with van der Waals surface area (Å²) < 4.78 is 19.5. The third kappa shape index (κ3) is 5.27. The number of aliphatic hydroxyl groups excluding tert-OH is 1. The van der Waals surface area contributed by atoms with E-state index in [-0.39, 0.29) is 33.2 Å². The zero-order chi connectivity index (χ0) is 28.6. The summed E-state index contributed by atoms with van der Waals surface area (Å²) in [5.74, 6) is -3.55. The molecule has 2 aromatic carbocycles. The van der Waals surface area contributed by atoms with Gasteiger partial charge in [-0.1, -0.05) is 81.2 Å². The highest BCUT2D eigenvalue weighted by Gasteiger charge is 2.48. The Balaban J connectivity index is 1.90. The Morgan fingerprint density at radius 3 is 2.44 bits per heavy atom. The van der Waals surface area contributed by atoms with Gasteiger partial charge in [0.25, 0.3) is 5.78 Å². The Hall–Kier alpha value is -4.11. The van der Waals surface area contributed by atoms with Crippen molar-refractivity contribution in [1.29, 1.82) is 0 Å². The first-order chi connectivity index (χ1) is 18.3. The summed E-state index contributed by atoms with van der Waals surface area (Å²) in [6.45, 7) is 12.9. The number of benzene rings is 2. The molecule has 0 saturated carbocycles. The first-order valence-corrected chi connectivity index (χ1v) is 13.1. The Bertz CT molecular complexity index is 1520. The SMILES string of the molecule is C=CCOC(=O)c1sc(N2C(=O)C(=O)C(=C(O)c3ccc(C)c(F)c3)C2c2ccc(C(C)(C)C)cc2)nc1C. The van der Waals surface area contributed by atoms with Gasteiger partial charge in [0, 0.05) is 5.56 Å². The largest absolute Gasteiger partial charge is 0.507 e. The molecule has 9 heteroatoms. The van der Waals surface area contributed by atoms with Crippen LogP contribution < -0.4 is 4.90 Å². The van der Waals surface area contributed by atoms with Crippen molar-refractivity contribution in [3.05, 3.63) is 99.3 Å². The van der Waals surface area contributed by atoms with Crippen molar-refractivity contribution >= 4 is 39.9 Å². The van der Waals surface area contributed by atoms with Crippen LogP contribution in [-0.2, 0) is 19.7 Å². The van der Waals surface area contributed by atoms with Gasteiger partial charge in [-0.05, 0) is 42.0 Å². The van der Waals surface area contributed by atoms with Gasteiger partial charge < -0.3 is 9.84 Å². The maximum atomic E-state index is 14.4. The quantitative estimate of drug-likeness (QED) is 0.130. The number of carbonyl (C=O) groups excluding carboxylic acids is 3. The van der Waals surface area contributed by atoms with Gasteiger partial charge in [0.15, 0.2) is 5.13 Å². The number of Topliss-reactive ketones (excluding diaryl/α,β-unsaturated/α-hetero) is 1. The molecule has 0 radical (unpaired) electrons. The molecule has 202 valence electrons. The highest BCUT2D eigenvalue weighted by Crippen LogP contribution is 2.44. The summed E-state index contributed by atoms with van der Waals surface area (Å²) in [5.41, 5.74) is 1.99. The molecule has 4 rings (SSSR count). The van der Waals surface area contributed by atoms with Crippen LogP contribution in [0.15, 0.2) is 60.7 Å². The first-order valence-electron chi connectivity index (χ1n) is 12.3. The number of aliphatic hydroxyl groups is 1. The summed E-state index contributed by atoms with van der Waals surface area (Å²) in [6, 6.07) is 10.4. The van der Waals surface area contributed by atoms with E-state index in [4.69, 9.17) is 4.74 Å². The van der Waals surface area contributed by atoms with Crippen LogP contribution in [0.25, 0.3) is 5.76 Å². The van der Waals surface area contributed by atoms with Crippen LogP contribution in [0.5, 0.6) is 0 Å². The maximum absolute atomic E-state index is 14.4. The average Bonchev–Trinajstić information content (AvgIpc) is 3.40. The van der Waals surface area contributed by atoms with Crippen LogP contribution in [0.4, 0.5) is 9.52 Å². The predicted octanol–water partition coefficient (Wildman–Crippen LogP) is 6.17. The minimum atomic E-state index is -1.06. The molecule has 1 aliphatic heterocycles. The second-order valence-electron chi connectivity index (χ2n) is 10.3. The van der Waals surface area contributed by atoms with E-state index in [9.17, 15) is 23.9 Å². The van der Waals surface area contributed by atoms with Gasteiger partial charge in [-0.25, -0.2) is 14.2 Å². The van der Waals surface area contributed by atoms with Gasteiger partial charge >= 0.3 is 11.9 Å². The van der Waals surface area contributed by atoms with Crippen molar-refractivity contribution in [2.75, 3.05) is 11.5 Å². The normalized spacial score (nSPS) is 17.0. The second-order valence-corrected chi connectivity index (χ2v) is 11.3. The number of hydrogen-bond donors (Lipinski definition) is 1. The second kappa shape index (κ2) is 10.6. The van der Waals surface area contributed by atoms with Crippen LogP contribution in [0.3, 0.4) is 0 Å². The van der Waals surface area contributed by atoms with Gasteiger partial charge in [0.2, 0.25) is 0 Å². The summed E-state index contributed by atoms with van der Waals surface area (Å²) in [6.07, 6.45) is 1.43. The Labute approximate surface area is 230 Å². The molecule has 2 heterocycles. The Kier molecular flexibility index (Phi) is 7.57. The number of ether oxygens (including phenoxy) is 1. The molecule has 1 amide bonds. The minimum absolute atomic E-state index is 0.00323. The summed E-state index contributed by atoms with van der Waals surface area (Å²) in [4.78, 5) is 45.1. The van der Waals surface area contributed by atoms with Gasteiger partial charge in [-0.2, -0.15) is 0 Å². The van der Waals surface area contributed by atoms with Gasteiger partial charge in [-0.3, -0.25) is 14.5 Å². The molecule has 3 aromatic rings. The molecule has 0 spiro atoms. The molecule has 0 aliphatic carbocycles. The molecule has 1 atom stereocenters. The van der Waals surface area contributed by atoms with E-state index in [0.29, 0.717) is 16.8 Å². The summed E-state index contributed by atoms with van der Waals surface area (Å²) in [5, 5.41) is 11.4. The number of ketones is 1. The molecule has 1 saturated heterocycles. The fraction of sp³-hybridized carbons (Fsp3) is 0.267. The third-order valence-corrected chi connectivity index (χ3v) is 7.63. The fourth-order valence-electron chi connectivity index (χ4n) is 4.28. The molecule has 1 unspecified atom stereocenters. The number of rotatable bonds is 6. The zero-order valence-electron chi connectivity index (χ0n) is 22.4. The van der Waals surface area contributed by atoms with Crippen molar-refractivity contribution < 1.29 is 28.6 Å². The smallest absolute Gasteiger partial charge is 0.350 e. The molecule has 1 aliphatic rings. The van der Waals surface area contributed by atoms with Crippen molar-refractivity contribution in [1.82, 2.24) is 4.98 Å². The van der Waals surface area contributed by atoms with Crippen molar-refractivity contribution in [2.45, 2.75) is 46.1 Å². The topological polar surface area (TPSA) is 96.8 Å². The Morgan fingerprint density at radius 2 is 1.85 bits per heavy atom. The molecule has 1 fully saturated rings. The number of aryl methyl sites for hydroxylation is 2. The number of nitrogens with zero attached hydrogens (tertiary/aromatic N) is 2. The van der Waals surface area contributed by atoms with Crippen molar-refractivity contribution in [2.24, 2.45) is 0 Å².